The van der Waals surface area contributed by atoms with Crippen LogP contribution in [0.5, 0.6) is 86.2 Å². The summed E-state index contributed by atoms with van der Waals surface area (Å²) in [5, 5.41) is 141. The molecule has 5 rings (SSSR count). The molecule has 0 saturated heterocycles. The van der Waals surface area contributed by atoms with Gasteiger partial charge in [-0.3, -0.25) is 0 Å². The van der Waals surface area contributed by atoms with Crippen LogP contribution in [0.25, 0.3) is 0 Å². The number of phenolic OH excluding ortho intramolecular Hbond substituents is 15. The molecule has 324 valence electrons. The monoisotopic (exact) mass is 1130 g/mol. The van der Waals surface area contributed by atoms with E-state index in [2.05, 4.69) is 0 Å². The molecule has 0 aromatic heterocycles. The van der Waals surface area contributed by atoms with Crippen LogP contribution in [-0.2, 0) is 16.0 Å². The molecule has 0 amide bonds. The molecule has 5 aromatic rings. The topological polar surface area (TPSA) is 435 Å². The van der Waals surface area contributed by atoms with Gasteiger partial charge in [0.1, 0.15) is 0 Å². The van der Waals surface area contributed by atoms with Crippen LogP contribution in [0, 0.1) is 0 Å². The Morgan fingerprint density at radius 1 is 0.306 bits per heavy atom. The van der Waals surface area contributed by atoms with Crippen molar-refractivity contribution in [2.75, 3.05) is 0 Å². The third-order valence-corrected chi connectivity index (χ3v) is 12.1. The molecule has 0 aliphatic rings. The Morgan fingerprint density at radius 3 is 0.645 bits per heavy atom. The Morgan fingerprint density at radius 2 is 0.468 bits per heavy atom. The minimum atomic E-state index is -5.08. The van der Waals surface area contributed by atoms with Crippen molar-refractivity contribution in [3.63, 3.8) is 0 Å². The van der Waals surface area contributed by atoms with E-state index in [4.69, 9.17) is 16.0 Å². The standard InChI is InChI=1S/C14H10GeO10.3C7H6O5.Bi/c16-7-1-5(2-8(17)11(7)20)13(22)24-15-25-14(23)6-3-9(18)12(21)10(19)4-6;3*8-4-1-3(7(11)12)2-5(9)6(4)10;/h1-4,16-21H;3*1-2,8-10H,(H,11,12);/q;;;;+3/p-3. The van der Waals surface area contributed by atoms with Crippen LogP contribution in [0.4, 0.5) is 0 Å². The van der Waals surface area contributed by atoms with Crippen LogP contribution in [0.2, 0.25) is 0 Å². The molecule has 0 atom stereocenters. The van der Waals surface area contributed by atoms with Crippen molar-refractivity contribution in [2.24, 2.45) is 0 Å². The van der Waals surface area contributed by atoms with E-state index in [1.807, 2.05) is 0 Å². The zero-order chi connectivity index (χ0) is 46.3. The predicted molar refractivity (Wildman–Crippen MR) is 196 cm³/mol. The molecule has 0 fully saturated rings. The van der Waals surface area contributed by atoms with E-state index in [1.165, 1.54) is 0 Å². The maximum absolute atomic E-state index is 12.5. The molecule has 25 nitrogen and oxygen atoms in total. The normalized spacial score (nSPS) is 10.5. The van der Waals surface area contributed by atoms with Crippen molar-refractivity contribution in [1.82, 2.24) is 0 Å². The average molecular weight is 1130 g/mol. The van der Waals surface area contributed by atoms with E-state index >= 15 is 0 Å². The fourth-order valence-corrected chi connectivity index (χ4v) is 8.38. The minimum absolute atomic E-state index is 0.285. The quantitative estimate of drug-likeness (QED) is 0.0693. The van der Waals surface area contributed by atoms with Crippen molar-refractivity contribution in [3.05, 3.63) is 88.5 Å². The summed E-state index contributed by atoms with van der Waals surface area (Å²) in [4.78, 5) is 61.1. The van der Waals surface area contributed by atoms with Crippen molar-refractivity contribution < 1.29 is 117 Å². The summed E-state index contributed by atoms with van der Waals surface area (Å²) < 4.78 is 24.3. The van der Waals surface area contributed by atoms with E-state index in [1.54, 1.807) is 0 Å². The fraction of sp³-hybridized carbons (Fsp3) is 0. The predicted octanol–water partition coefficient (Wildman–Crippen LogP) is 1.36. The zero-order valence-corrected chi connectivity index (χ0v) is 35.6. The molecule has 0 saturated carbocycles. The number of carbonyl (C=O) groups excluding carboxylic acids is 5. The van der Waals surface area contributed by atoms with Crippen LogP contribution >= 0.6 is 0 Å². The van der Waals surface area contributed by atoms with E-state index in [0.717, 1.165) is 24.3 Å². The summed E-state index contributed by atoms with van der Waals surface area (Å²) in [5.74, 6) is -19.1. The van der Waals surface area contributed by atoms with Gasteiger partial charge in [0.05, 0.1) is 0 Å². The Labute approximate surface area is 358 Å². The van der Waals surface area contributed by atoms with Gasteiger partial charge in [-0.15, -0.1) is 0 Å². The van der Waals surface area contributed by atoms with Gasteiger partial charge in [-0.2, -0.15) is 0 Å². The molecule has 62 heavy (non-hydrogen) atoms. The second-order valence-corrected chi connectivity index (χ2v) is 16.6. The third-order valence-electron chi connectivity index (χ3n) is 7.27. The number of phenols is 15. The summed E-state index contributed by atoms with van der Waals surface area (Å²) in [6, 6.07) is 7.45. The van der Waals surface area contributed by atoms with Gasteiger partial charge >= 0.3 is 360 Å². The number of aromatic hydroxyl groups is 15. The van der Waals surface area contributed by atoms with Gasteiger partial charge in [-0.25, -0.2) is 0 Å². The summed E-state index contributed by atoms with van der Waals surface area (Å²) >= 11 is -7.13. The van der Waals surface area contributed by atoms with E-state index in [9.17, 15) is 101 Å². The third kappa shape index (κ3) is 11.1. The number of carbonyl (C=O) groups is 5. The number of rotatable bonds is 10. The molecule has 0 aliphatic carbocycles. The summed E-state index contributed by atoms with van der Waals surface area (Å²) in [7, 11) is 0. The first-order valence-corrected chi connectivity index (χ1v) is 21.8. The Kier molecular flexibility index (Phi) is 14.5. The van der Waals surface area contributed by atoms with Gasteiger partial charge in [0.25, 0.3) is 0 Å². The van der Waals surface area contributed by atoms with Gasteiger partial charge in [0, 0.05) is 0 Å². The summed E-state index contributed by atoms with van der Waals surface area (Å²) in [5.41, 5.74) is -2.28. The van der Waals surface area contributed by atoms with Crippen LogP contribution in [0.3, 0.4) is 0 Å². The van der Waals surface area contributed by atoms with Crippen LogP contribution in [-0.4, -0.2) is 146 Å². The van der Waals surface area contributed by atoms with Crippen molar-refractivity contribution in [1.29, 1.82) is 0 Å². The molecule has 0 bridgehead atoms. The number of hydrogen-bond donors (Lipinski definition) is 15. The summed E-state index contributed by atoms with van der Waals surface area (Å²) in [6.45, 7) is 0. The SMILES string of the molecule is O=C([O][Bi]([O]C(=O)c1cc(O)c(O)c(O)c1)[O]C(=O)c1cc(O)c(O)c(O)c1)c1cc(O)c(O)c(O)c1.O=C([O][Ge][O]C(=O)c1cc(O)c(O)c(O)c1)c1cc(O)c(O)c(O)c1. The second kappa shape index (κ2) is 19.3. The van der Waals surface area contributed by atoms with Crippen molar-refractivity contribution >= 4 is 69.0 Å². The molecule has 5 aromatic carbocycles. The Hall–Kier alpha value is -8.12. The number of hydrogen-bond acceptors (Lipinski definition) is 25. The van der Waals surface area contributed by atoms with Crippen molar-refractivity contribution in [2.45, 2.75) is 0 Å². The molecular formula is C35H25BiGeO25. The molecular weight excluding hydrogens is 1100 g/mol. The van der Waals surface area contributed by atoms with Gasteiger partial charge < -0.3 is 0 Å². The first-order chi connectivity index (χ1) is 29.0. The first-order valence-electron chi connectivity index (χ1n) is 15.9. The Bertz CT molecular complexity index is 2260. The van der Waals surface area contributed by atoms with E-state index < -0.39 is 172 Å². The first kappa shape index (κ1) is 46.6. The molecule has 2 radical (unpaired) electrons. The molecule has 27 heteroatoms. The van der Waals surface area contributed by atoms with Gasteiger partial charge in [-0.1, -0.05) is 0 Å². The molecule has 0 spiro atoms. The maximum atomic E-state index is 12.5. The fourth-order valence-electron chi connectivity index (χ4n) is 4.24. The van der Waals surface area contributed by atoms with E-state index in [0.29, 0.717) is 36.4 Å². The van der Waals surface area contributed by atoms with Crippen LogP contribution in [0.15, 0.2) is 60.7 Å². The van der Waals surface area contributed by atoms with Crippen molar-refractivity contribution in [3.8, 4) is 86.2 Å². The van der Waals surface area contributed by atoms with Crippen LogP contribution in [0.1, 0.15) is 51.8 Å². The molecule has 0 aliphatic heterocycles. The van der Waals surface area contributed by atoms with Crippen LogP contribution < -0.4 is 0 Å². The average Bonchev–Trinajstić information content (AvgIpc) is 3.20. The van der Waals surface area contributed by atoms with Gasteiger partial charge in [-0.05, 0) is 0 Å². The molecule has 0 heterocycles. The van der Waals surface area contributed by atoms with E-state index in [-0.39, 0.29) is 11.1 Å². The summed E-state index contributed by atoms with van der Waals surface area (Å²) in [6.07, 6.45) is 0. The van der Waals surface area contributed by atoms with Gasteiger partial charge in [0.15, 0.2) is 0 Å². The van der Waals surface area contributed by atoms with Gasteiger partial charge in [0.2, 0.25) is 0 Å². The second-order valence-electron chi connectivity index (χ2n) is 11.5. The molecule has 0 unspecified atom stereocenters. The molecule has 15 N–H and O–H groups in total. The Balaban J connectivity index is 0.000000294. The number of benzene rings is 5. The zero-order valence-electron chi connectivity index (χ0n) is 30.0.